The maximum atomic E-state index is 12.4. The number of likely N-dealkylation sites (tertiary alicyclic amines) is 1. The zero-order chi connectivity index (χ0) is 17.7. The first-order valence-electron chi connectivity index (χ1n) is 9.12. The Bertz CT molecular complexity index is 539. The van der Waals surface area contributed by atoms with E-state index in [0.717, 1.165) is 31.2 Å². The summed E-state index contributed by atoms with van der Waals surface area (Å²) in [5, 5.41) is 3.45. The van der Waals surface area contributed by atoms with Crippen molar-refractivity contribution in [2.45, 2.75) is 63.4 Å². The molecule has 140 valence electrons. The third kappa shape index (κ3) is 6.15. The smallest absolute Gasteiger partial charge is 0.401 e. The van der Waals surface area contributed by atoms with Crippen molar-refractivity contribution in [2.75, 3.05) is 19.6 Å². The predicted octanol–water partition coefficient (Wildman–Crippen LogP) is 3.52. The first-order valence-corrected chi connectivity index (χ1v) is 9.12. The van der Waals surface area contributed by atoms with E-state index >= 15 is 0 Å². The highest BCUT2D eigenvalue weighted by Gasteiger charge is 2.32. The minimum atomic E-state index is -4.10. The van der Waals surface area contributed by atoms with E-state index in [-0.39, 0.29) is 12.1 Å². The minimum absolute atomic E-state index is 0.261. The van der Waals surface area contributed by atoms with Crippen LogP contribution in [0.2, 0.25) is 0 Å². The molecule has 7 heteroatoms. The van der Waals surface area contributed by atoms with E-state index in [2.05, 4.69) is 10.3 Å². The van der Waals surface area contributed by atoms with E-state index in [0.29, 0.717) is 25.5 Å². The van der Waals surface area contributed by atoms with Crippen LogP contribution in [0.5, 0.6) is 5.88 Å². The molecule has 1 aromatic heterocycles. The molecule has 0 unspecified atom stereocenters. The molecule has 1 saturated carbocycles. The highest BCUT2D eigenvalue weighted by atomic mass is 19.4. The van der Waals surface area contributed by atoms with Gasteiger partial charge >= 0.3 is 6.18 Å². The van der Waals surface area contributed by atoms with Gasteiger partial charge in [-0.2, -0.15) is 13.2 Å². The van der Waals surface area contributed by atoms with Crippen LogP contribution in [0.25, 0.3) is 0 Å². The molecule has 2 fully saturated rings. The van der Waals surface area contributed by atoms with Gasteiger partial charge in [-0.25, -0.2) is 4.98 Å². The summed E-state index contributed by atoms with van der Waals surface area (Å²) in [7, 11) is 0. The first-order chi connectivity index (χ1) is 12.0. The Labute approximate surface area is 146 Å². The second-order valence-corrected chi connectivity index (χ2v) is 7.07. The van der Waals surface area contributed by atoms with Gasteiger partial charge in [0.1, 0.15) is 6.10 Å². The summed E-state index contributed by atoms with van der Waals surface area (Å²) in [5.41, 5.74) is 1.10. The van der Waals surface area contributed by atoms with E-state index in [1.165, 1.54) is 17.7 Å². The van der Waals surface area contributed by atoms with Gasteiger partial charge in [0.15, 0.2) is 0 Å². The van der Waals surface area contributed by atoms with Crippen LogP contribution in [0.15, 0.2) is 18.3 Å². The van der Waals surface area contributed by atoms with Crippen LogP contribution in [0, 0.1) is 0 Å². The number of halogens is 3. The summed E-state index contributed by atoms with van der Waals surface area (Å²) in [6.45, 7) is 0.868. The SMILES string of the molecule is FC(F)(F)CN1CCC(NCc2ccnc(OC3CCCC3)c2)CC1. The first kappa shape index (κ1) is 18.5. The Hall–Kier alpha value is -1.34. The summed E-state index contributed by atoms with van der Waals surface area (Å²) in [5.74, 6) is 0.672. The number of piperidine rings is 1. The molecule has 0 amide bonds. The molecule has 0 bridgehead atoms. The fraction of sp³-hybridized carbons (Fsp3) is 0.722. The van der Waals surface area contributed by atoms with Crippen molar-refractivity contribution in [3.63, 3.8) is 0 Å². The summed E-state index contributed by atoms with van der Waals surface area (Å²) in [6, 6.07) is 4.18. The van der Waals surface area contributed by atoms with E-state index in [1.54, 1.807) is 6.20 Å². The lowest BCUT2D eigenvalue weighted by Crippen LogP contribution is -2.45. The van der Waals surface area contributed by atoms with Gasteiger partial charge in [-0.3, -0.25) is 4.90 Å². The number of aromatic nitrogens is 1. The largest absolute Gasteiger partial charge is 0.474 e. The Kier molecular flexibility index (Phi) is 6.17. The maximum Gasteiger partial charge on any atom is 0.401 e. The Balaban J connectivity index is 1.41. The van der Waals surface area contributed by atoms with E-state index in [1.807, 2.05) is 12.1 Å². The molecule has 4 nitrogen and oxygen atoms in total. The van der Waals surface area contributed by atoms with Gasteiger partial charge in [0.05, 0.1) is 6.54 Å². The van der Waals surface area contributed by atoms with Gasteiger partial charge in [0.25, 0.3) is 0 Å². The average molecular weight is 357 g/mol. The van der Waals surface area contributed by atoms with Crippen molar-refractivity contribution < 1.29 is 17.9 Å². The monoisotopic (exact) mass is 357 g/mol. The Morgan fingerprint density at radius 2 is 1.88 bits per heavy atom. The molecule has 1 N–H and O–H groups in total. The van der Waals surface area contributed by atoms with Gasteiger partial charge in [0, 0.05) is 24.8 Å². The van der Waals surface area contributed by atoms with Gasteiger partial charge in [-0.05, 0) is 63.2 Å². The number of alkyl halides is 3. The zero-order valence-corrected chi connectivity index (χ0v) is 14.4. The molecular weight excluding hydrogens is 331 g/mol. The third-order valence-electron chi connectivity index (χ3n) is 4.97. The molecule has 1 saturated heterocycles. The van der Waals surface area contributed by atoms with Crippen molar-refractivity contribution >= 4 is 0 Å². The van der Waals surface area contributed by atoms with Crippen molar-refractivity contribution in [2.24, 2.45) is 0 Å². The van der Waals surface area contributed by atoms with Crippen LogP contribution in [-0.4, -0.2) is 47.8 Å². The Morgan fingerprint density at radius 3 is 2.56 bits per heavy atom. The summed E-state index contributed by atoms with van der Waals surface area (Å²) in [6.07, 6.45) is 4.06. The highest BCUT2D eigenvalue weighted by molar-refractivity contribution is 5.20. The molecule has 2 heterocycles. The number of hydrogen-bond acceptors (Lipinski definition) is 4. The molecule has 3 rings (SSSR count). The molecule has 0 atom stereocenters. The van der Waals surface area contributed by atoms with Crippen LogP contribution in [-0.2, 0) is 6.54 Å². The topological polar surface area (TPSA) is 37.4 Å². The quantitative estimate of drug-likeness (QED) is 0.845. The van der Waals surface area contributed by atoms with Crippen LogP contribution < -0.4 is 10.1 Å². The minimum Gasteiger partial charge on any atom is -0.474 e. The van der Waals surface area contributed by atoms with Gasteiger partial charge in [-0.1, -0.05) is 0 Å². The molecule has 0 aromatic carbocycles. The second kappa shape index (κ2) is 8.36. The fourth-order valence-corrected chi connectivity index (χ4v) is 3.61. The van der Waals surface area contributed by atoms with Crippen molar-refractivity contribution in [1.29, 1.82) is 0 Å². The molecule has 0 radical (unpaired) electrons. The predicted molar refractivity (Wildman–Crippen MR) is 89.5 cm³/mol. The molecule has 1 aromatic rings. The summed E-state index contributed by atoms with van der Waals surface area (Å²) in [4.78, 5) is 5.76. The molecular formula is C18H26F3N3O. The number of pyridine rings is 1. The van der Waals surface area contributed by atoms with E-state index in [4.69, 9.17) is 4.74 Å². The van der Waals surface area contributed by atoms with Crippen molar-refractivity contribution in [3.8, 4) is 5.88 Å². The van der Waals surface area contributed by atoms with E-state index < -0.39 is 12.7 Å². The average Bonchev–Trinajstić information content (AvgIpc) is 3.06. The van der Waals surface area contributed by atoms with Crippen LogP contribution >= 0.6 is 0 Å². The number of nitrogens with zero attached hydrogens (tertiary/aromatic N) is 2. The van der Waals surface area contributed by atoms with Crippen molar-refractivity contribution in [3.05, 3.63) is 23.9 Å². The molecule has 1 aliphatic carbocycles. The maximum absolute atomic E-state index is 12.4. The summed E-state index contributed by atoms with van der Waals surface area (Å²) < 4.78 is 43.2. The van der Waals surface area contributed by atoms with Crippen LogP contribution in [0.4, 0.5) is 13.2 Å². The van der Waals surface area contributed by atoms with Crippen LogP contribution in [0.3, 0.4) is 0 Å². The lowest BCUT2D eigenvalue weighted by Gasteiger charge is -2.32. The number of rotatable bonds is 6. The normalized spacial score (nSPS) is 20.9. The fourth-order valence-electron chi connectivity index (χ4n) is 3.61. The number of ether oxygens (including phenoxy) is 1. The lowest BCUT2D eigenvalue weighted by atomic mass is 10.0. The van der Waals surface area contributed by atoms with Gasteiger partial charge in [-0.15, -0.1) is 0 Å². The molecule has 1 aliphatic heterocycles. The molecule has 25 heavy (non-hydrogen) atoms. The van der Waals surface area contributed by atoms with Gasteiger partial charge < -0.3 is 10.1 Å². The van der Waals surface area contributed by atoms with Crippen LogP contribution in [0.1, 0.15) is 44.1 Å². The standard InChI is InChI=1S/C18H26F3N3O/c19-18(20,21)13-24-9-6-15(7-10-24)23-12-14-5-8-22-17(11-14)25-16-3-1-2-4-16/h5,8,11,15-16,23H,1-4,6-7,9-10,12-13H2. The lowest BCUT2D eigenvalue weighted by molar-refractivity contribution is -0.148. The number of nitrogens with one attached hydrogen (secondary N) is 1. The second-order valence-electron chi connectivity index (χ2n) is 7.07. The van der Waals surface area contributed by atoms with E-state index in [9.17, 15) is 13.2 Å². The Morgan fingerprint density at radius 1 is 1.16 bits per heavy atom. The zero-order valence-electron chi connectivity index (χ0n) is 14.4. The summed E-state index contributed by atoms with van der Waals surface area (Å²) >= 11 is 0. The van der Waals surface area contributed by atoms with Gasteiger partial charge in [0.2, 0.25) is 5.88 Å². The molecule has 2 aliphatic rings. The third-order valence-corrected chi connectivity index (χ3v) is 4.97. The number of hydrogen-bond donors (Lipinski definition) is 1. The van der Waals surface area contributed by atoms with Crippen molar-refractivity contribution in [1.82, 2.24) is 15.2 Å². The highest BCUT2D eigenvalue weighted by Crippen LogP contribution is 2.23. The molecule has 0 spiro atoms.